The lowest BCUT2D eigenvalue weighted by Crippen LogP contribution is -2.43. The number of urea groups is 1. The number of aromatic nitrogens is 2. The third kappa shape index (κ3) is 7.81. The Morgan fingerprint density at radius 3 is 2.10 bits per heavy atom. The first-order valence-corrected chi connectivity index (χ1v) is 13.6. The quantitative estimate of drug-likeness (QED) is 0.511. The third-order valence-electron chi connectivity index (χ3n) is 7.48. The number of nitrogens with two attached hydrogens (primary N) is 2. The third-order valence-corrected chi connectivity index (χ3v) is 7.48. The number of carbonyl (C=O) groups is 3. The first kappa shape index (κ1) is 29.7. The zero-order valence-electron chi connectivity index (χ0n) is 23.6. The van der Waals surface area contributed by atoms with Crippen molar-refractivity contribution in [3.8, 4) is 0 Å². The van der Waals surface area contributed by atoms with Crippen LogP contribution in [-0.2, 0) is 10.2 Å². The van der Waals surface area contributed by atoms with E-state index < -0.39 is 11.9 Å². The molecule has 0 bridgehead atoms. The molecule has 2 aliphatic heterocycles. The monoisotopic (exact) mass is 538 g/mol. The molecule has 0 radical (unpaired) electrons. The number of hydrogen-bond acceptors (Lipinski definition) is 7. The van der Waals surface area contributed by atoms with Crippen molar-refractivity contribution >= 4 is 35.2 Å². The molecule has 5 N–H and O–H groups in total. The second-order valence-electron chi connectivity index (χ2n) is 10.6. The highest BCUT2D eigenvalue weighted by atomic mass is 16.2. The van der Waals surface area contributed by atoms with Crippen molar-refractivity contribution in [2.24, 2.45) is 11.5 Å². The minimum atomic E-state index is -0.604. The Balaban J connectivity index is 0.000000631. The fourth-order valence-corrected chi connectivity index (χ4v) is 4.78. The van der Waals surface area contributed by atoms with Crippen LogP contribution in [0.4, 0.5) is 22.1 Å². The largest absolute Gasteiger partial charge is 0.364 e. The number of nitrogens with zero attached hydrogens (tertiary/aromatic N) is 5. The molecule has 4 amide bonds. The normalized spacial score (nSPS) is 16.5. The first-order valence-electron chi connectivity index (χ1n) is 13.6. The van der Waals surface area contributed by atoms with Gasteiger partial charge in [-0.05, 0) is 55.2 Å². The zero-order chi connectivity index (χ0) is 28.6. The van der Waals surface area contributed by atoms with E-state index in [0.717, 1.165) is 63.4 Å². The molecule has 2 aliphatic rings. The lowest BCUT2D eigenvalue weighted by Gasteiger charge is -2.40. The average molecular weight is 539 g/mol. The van der Waals surface area contributed by atoms with Crippen molar-refractivity contribution in [3.05, 3.63) is 41.7 Å². The zero-order valence-corrected chi connectivity index (χ0v) is 23.6. The van der Waals surface area contributed by atoms with Crippen LogP contribution in [0.3, 0.4) is 0 Å². The molecule has 2 aromatic rings. The van der Waals surface area contributed by atoms with Crippen molar-refractivity contribution in [1.82, 2.24) is 19.8 Å². The Hall–Kier alpha value is -3.89. The Labute approximate surface area is 230 Å². The molecule has 2 saturated heterocycles. The van der Waals surface area contributed by atoms with Crippen LogP contribution in [0, 0.1) is 0 Å². The second kappa shape index (κ2) is 13.3. The molecule has 0 atom stereocenters. The van der Waals surface area contributed by atoms with Gasteiger partial charge >= 0.3 is 6.03 Å². The van der Waals surface area contributed by atoms with E-state index in [0.29, 0.717) is 12.2 Å². The van der Waals surface area contributed by atoms with Crippen LogP contribution < -0.4 is 21.7 Å². The van der Waals surface area contributed by atoms with E-state index in [-0.39, 0.29) is 17.0 Å². The fraction of sp³-hybridized carbons (Fsp3) is 0.536. The van der Waals surface area contributed by atoms with Gasteiger partial charge in [-0.15, -0.1) is 0 Å². The maximum Gasteiger partial charge on any atom is 0.314 e. The Morgan fingerprint density at radius 1 is 1.00 bits per heavy atom. The van der Waals surface area contributed by atoms with Gasteiger partial charge in [0.2, 0.25) is 5.91 Å². The molecule has 0 saturated carbocycles. The standard InChI is InChI=1S/C25H34N6O2.C3H8N2O/c1-3-21(32)31-15-11-25(2,12-16-31)18-7-9-19(10-8-18)28-24-22(23(26)33)27-17-20(29-24)30-13-5-4-6-14-30;1-5(2)3(4)6/h7-10,17H,3-6,11-16H2,1-2H3,(H2,26,33)(H,28,29);1-2H3,(H2,4,6). The van der Waals surface area contributed by atoms with E-state index in [9.17, 15) is 14.4 Å². The van der Waals surface area contributed by atoms with Gasteiger partial charge in [-0.2, -0.15) is 0 Å². The second-order valence-corrected chi connectivity index (χ2v) is 10.6. The van der Waals surface area contributed by atoms with Gasteiger partial charge in [0.15, 0.2) is 11.5 Å². The number of likely N-dealkylation sites (tertiary alicyclic amines) is 1. The van der Waals surface area contributed by atoms with Gasteiger partial charge in [-0.25, -0.2) is 14.8 Å². The Morgan fingerprint density at radius 2 is 1.59 bits per heavy atom. The molecular weight excluding hydrogens is 496 g/mol. The molecule has 1 aromatic heterocycles. The molecule has 11 heteroatoms. The summed E-state index contributed by atoms with van der Waals surface area (Å²) in [7, 11) is 3.20. The number of carbonyl (C=O) groups excluding carboxylic acids is 3. The summed E-state index contributed by atoms with van der Waals surface area (Å²) in [6.07, 6.45) is 7.58. The Bertz CT molecular complexity index is 1140. The summed E-state index contributed by atoms with van der Waals surface area (Å²) in [5, 5.41) is 3.25. The van der Waals surface area contributed by atoms with Gasteiger partial charge in [0.1, 0.15) is 5.82 Å². The van der Waals surface area contributed by atoms with Crippen molar-refractivity contribution in [3.63, 3.8) is 0 Å². The van der Waals surface area contributed by atoms with Gasteiger partial charge in [-0.1, -0.05) is 26.0 Å². The summed E-state index contributed by atoms with van der Waals surface area (Å²) in [4.78, 5) is 48.3. The molecular formula is C28H42N8O3. The number of piperidine rings is 2. The highest BCUT2D eigenvalue weighted by Crippen LogP contribution is 2.36. The van der Waals surface area contributed by atoms with E-state index in [1.165, 1.54) is 16.9 Å². The van der Waals surface area contributed by atoms with E-state index in [2.05, 4.69) is 39.2 Å². The SMILES string of the molecule is CCC(=O)N1CCC(C)(c2ccc(Nc3nc(N4CCCCC4)cnc3C(N)=O)cc2)CC1.CN(C)C(N)=O. The highest BCUT2D eigenvalue weighted by molar-refractivity contribution is 5.96. The number of nitrogens with one attached hydrogen (secondary N) is 1. The van der Waals surface area contributed by atoms with Gasteiger partial charge in [0.25, 0.3) is 5.91 Å². The molecule has 0 unspecified atom stereocenters. The van der Waals surface area contributed by atoms with E-state index in [1.54, 1.807) is 20.3 Å². The van der Waals surface area contributed by atoms with Crippen molar-refractivity contribution in [1.29, 1.82) is 0 Å². The maximum atomic E-state index is 12.0. The summed E-state index contributed by atoms with van der Waals surface area (Å²) in [5.74, 6) is 0.776. The van der Waals surface area contributed by atoms with Crippen LogP contribution in [-0.4, -0.2) is 77.9 Å². The van der Waals surface area contributed by atoms with Gasteiger partial charge in [0, 0.05) is 52.4 Å². The van der Waals surface area contributed by atoms with Crippen LogP contribution in [0.1, 0.15) is 68.4 Å². The van der Waals surface area contributed by atoms with Crippen molar-refractivity contribution < 1.29 is 14.4 Å². The summed E-state index contributed by atoms with van der Waals surface area (Å²) >= 11 is 0. The molecule has 1 aromatic carbocycles. The lowest BCUT2D eigenvalue weighted by molar-refractivity contribution is -0.132. The summed E-state index contributed by atoms with van der Waals surface area (Å²) in [6, 6.07) is 7.83. The topological polar surface area (TPSA) is 151 Å². The molecule has 2 fully saturated rings. The summed E-state index contributed by atoms with van der Waals surface area (Å²) in [5.41, 5.74) is 12.5. The Kier molecular flexibility index (Phi) is 10.1. The number of amides is 4. The molecule has 4 rings (SSSR count). The summed E-state index contributed by atoms with van der Waals surface area (Å²) < 4.78 is 0. The first-order chi connectivity index (χ1) is 18.5. The van der Waals surface area contributed by atoms with Gasteiger partial charge in [0.05, 0.1) is 6.20 Å². The predicted octanol–water partition coefficient (Wildman–Crippen LogP) is 3.23. The van der Waals surface area contributed by atoms with E-state index in [1.807, 2.05) is 24.0 Å². The summed E-state index contributed by atoms with van der Waals surface area (Å²) in [6.45, 7) is 7.66. The number of benzene rings is 1. The van der Waals surface area contributed by atoms with Crippen LogP contribution in [0.25, 0.3) is 0 Å². The molecule has 212 valence electrons. The molecule has 0 spiro atoms. The van der Waals surface area contributed by atoms with E-state index in [4.69, 9.17) is 11.5 Å². The number of primary amides is 2. The van der Waals surface area contributed by atoms with E-state index >= 15 is 0 Å². The molecule has 39 heavy (non-hydrogen) atoms. The van der Waals surface area contributed by atoms with Crippen molar-refractivity contribution in [2.45, 2.75) is 57.8 Å². The number of rotatable bonds is 6. The maximum absolute atomic E-state index is 12.0. The minimum Gasteiger partial charge on any atom is -0.364 e. The smallest absolute Gasteiger partial charge is 0.314 e. The number of hydrogen-bond donors (Lipinski definition) is 3. The van der Waals surface area contributed by atoms with Gasteiger partial charge in [-0.3, -0.25) is 9.59 Å². The van der Waals surface area contributed by atoms with Crippen LogP contribution in [0.2, 0.25) is 0 Å². The van der Waals surface area contributed by atoms with Crippen LogP contribution >= 0.6 is 0 Å². The molecule has 11 nitrogen and oxygen atoms in total. The molecule has 3 heterocycles. The van der Waals surface area contributed by atoms with Crippen LogP contribution in [0.5, 0.6) is 0 Å². The van der Waals surface area contributed by atoms with Crippen LogP contribution in [0.15, 0.2) is 30.5 Å². The average Bonchev–Trinajstić information content (AvgIpc) is 2.94. The number of anilines is 3. The fourth-order valence-electron chi connectivity index (χ4n) is 4.78. The van der Waals surface area contributed by atoms with Crippen molar-refractivity contribution in [2.75, 3.05) is 50.5 Å². The minimum absolute atomic E-state index is 0.0371. The lowest BCUT2D eigenvalue weighted by atomic mass is 9.74. The molecule has 0 aliphatic carbocycles. The highest BCUT2D eigenvalue weighted by Gasteiger charge is 2.33. The van der Waals surface area contributed by atoms with Gasteiger partial charge < -0.3 is 31.5 Å². The predicted molar refractivity (Wildman–Crippen MR) is 153 cm³/mol.